The second-order valence-corrected chi connectivity index (χ2v) is 6.60. The first-order chi connectivity index (χ1) is 13.0. The van der Waals surface area contributed by atoms with Gasteiger partial charge in [0, 0.05) is 11.4 Å². The SMILES string of the molecule is Cc1c(C)n(-c2ccc(F)cc2)c2ncnc(Nc3ccc(F)cc3Cl)c12. The molecule has 136 valence electrons. The van der Waals surface area contributed by atoms with Crippen LogP contribution in [0.3, 0.4) is 0 Å². The molecule has 0 aliphatic heterocycles. The zero-order chi connectivity index (χ0) is 19.1. The normalized spacial score (nSPS) is 11.1. The van der Waals surface area contributed by atoms with Crippen LogP contribution in [0, 0.1) is 25.5 Å². The molecule has 27 heavy (non-hydrogen) atoms. The number of nitrogens with one attached hydrogen (secondary N) is 1. The van der Waals surface area contributed by atoms with Crippen molar-refractivity contribution < 1.29 is 8.78 Å². The molecular formula is C20H15ClF2N4. The van der Waals surface area contributed by atoms with Crippen LogP contribution in [0.5, 0.6) is 0 Å². The average molecular weight is 385 g/mol. The van der Waals surface area contributed by atoms with E-state index in [0.717, 1.165) is 22.3 Å². The molecule has 4 aromatic rings. The fourth-order valence-corrected chi connectivity index (χ4v) is 3.33. The smallest absolute Gasteiger partial charge is 0.150 e. The largest absolute Gasteiger partial charge is 0.338 e. The van der Waals surface area contributed by atoms with Crippen molar-refractivity contribution in [2.24, 2.45) is 0 Å². The third-order valence-corrected chi connectivity index (χ3v) is 4.87. The maximum absolute atomic E-state index is 13.3. The molecule has 0 atom stereocenters. The molecule has 0 spiro atoms. The van der Waals surface area contributed by atoms with Gasteiger partial charge < -0.3 is 5.32 Å². The Labute approximate surface area is 159 Å². The van der Waals surface area contributed by atoms with E-state index in [4.69, 9.17) is 11.6 Å². The van der Waals surface area contributed by atoms with E-state index in [-0.39, 0.29) is 10.8 Å². The first-order valence-corrected chi connectivity index (χ1v) is 8.64. The van der Waals surface area contributed by atoms with Crippen LogP contribution in [0.2, 0.25) is 5.02 Å². The number of hydrogen-bond acceptors (Lipinski definition) is 3. The van der Waals surface area contributed by atoms with Crippen LogP contribution in [-0.2, 0) is 0 Å². The van der Waals surface area contributed by atoms with Gasteiger partial charge in [-0.3, -0.25) is 4.57 Å². The third kappa shape index (κ3) is 3.02. The molecule has 0 bridgehead atoms. The van der Waals surface area contributed by atoms with Crippen molar-refractivity contribution in [3.63, 3.8) is 0 Å². The molecular weight excluding hydrogens is 370 g/mol. The van der Waals surface area contributed by atoms with Crippen molar-refractivity contribution >= 4 is 34.1 Å². The van der Waals surface area contributed by atoms with Crippen LogP contribution < -0.4 is 5.32 Å². The molecule has 0 radical (unpaired) electrons. The fraction of sp³-hybridized carbons (Fsp3) is 0.100. The van der Waals surface area contributed by atoms with Crippen molar-refractivity contribution in [3.05, 3.63) is 76.7 Å². The van der Waals surface area contributed by atoms with Crippen molar-refractivity contribution in [3.8, 4) is 5.69 Å². The predicted octanol–water partition coefficient (Wildman–Crippen LogP) is 5.71. The van der Waals surface area contributed by atoms with Gasteiger partial charge in [-0.2, -0.15) is 0 Å². The summed E-state index contributed by atoms with van der Waals surface area (Å²) in [5.74, 6) is -0.143. The number of fused-ring (bicyclic) bond motifs is 1. The molecule has 0 saturated heterocycles. The highest BCUT2D eigenvalue weighted by molar-refractivity contribution is 6.33. The van der Waals surface area contributed by atoms with Crippen molar-refractivity contribution in [1.29, 1.82) is 0 Å². The summed E-state index contributed by atoms with van der Waals surface area (Å²) in [6.45, 7) is 3.94. The molecule has 0 aliphatic carbocycles. The van der Waals surface area contributed by atoms with E-state index >= 15 is 0 Å². The molecule has 0 fully saturated rings. The Morgan fingerprint density at radius 3 is 2.37 bits per heavy atom. The summed E-state index contributed by atoms with van der Waals surface area (Å²) < 4.78 is 28.6. The van der Waals surface area contributed by atoms with Gasteiger partial charge in [0.2, 0.25) is 0 Å². The number of nitrogens with zero attached hydrogens (tertiary/aromatic N) is 3. The summed E-state index contributed by atoms with van der Waals surface area (Å²) in [7, 11) is 0. The van der Waals surface area contributed by atoms with E-state index in [9.17, 15) is 8.78 Å². The van der Waals surface area contributed by atoms with Crippen LogP contribution >= 0.6 is 11.6 Å². The van der Waals surface area contributed by atoms with Gasteiger partial charge in [-0.1, -0.05) is 11.6 Å². The molecule has 7 heteroatoms. The lowest BCUT2D eigenvalue weighted by atomic mass is 10.2. The van der Waals surface area contributed by atoms with Crippen LogP contribution in [0.4, 0.5) is 20.3 Å². The number of aryl methyl sites for hydroxylation is 1. The Kier molecular flexibility index (Phi) is 4.28. The van der Waals surface area contributed by atoms with E-state index in [1.165, 1.54) is 30.6 Å². The summed E-state index contributed by atoms with van der Waals surface area (Å²) in [5, 5.41) is 4.24. The minimum absolute atomic E-state index is 0.258. The van der Waals surface area contributed by atoms with E-state index in [1.807, 2.05) is 18.4 Å². The molecule has 4 rings (SSSR count). The first kappa shape index (κ1) is 17.4. The van der Waals surface area contributed by atoms with Gasteiger partial charge in [0.25, 0.3) is 0 Å². The highest BCUT2D eigenvalue weighted by atomic mass is 35.5. The number of anilines is 2. The summed E-state index contributed by atoms with van der Waals surface area (Å²) in [6.07, 6.45) is 1.45. The van der Waals surface area contributed by atoms with Gasteiger partial charge in [0.05, 0.1) is 16.1 Å². The number of hydrogen-bond donors (Lipinski definition) is 1. The Bertz CT molecular complexity index is 1150. The Morgan fingerprint density at radius 1 is 0.963 bits per heavy atom. The topological polar surface area (TPSA) is 42.7 Å². The number of halogens is 3. The van der Waals surface area contributed by atoms with Crippen LogP contribution in [0.25, 0.3) is 16.7 Å². The molecule has 0 aliphatic rings. The second kappa shape index (κ2) is 6.63. The van der Waals surface area contributed by atoms with Gasteiger partial charge in [-0.15, -0.1) is 0 Å². The van der Waals surface area contributed by atoms with Crippen molar-refractivity contribution in [2.45, 2.75) is 13.8 Å². The monoisotopic (exact) mass is 384 g/mol. The maximum atomic E-state index is 13.3. The van der Waals surface area contributed by atoms with Crippen LogP contribution in [-0.4, -0.2) is 14.5 Å². The van der Waals surface area contributed by atoms with Crippen LogP contribution in [0.15, 0.2) is 48.8 Å². The molecule has 2 aromatic carbocycles. The molecule has 2 aromatic heterocycles. The zero-order valence-electron chi connectivity index (χ0n) is 14.6. The van der Waals surface area contributed by atoms with Crippen molar-refractivity contribution in [2.75, 3.05) is 5.32 Å². The van der Waals surface area contributed by atoms with Crippen LogP contribution in [0.1, 0.15) is 11.3 Å². The minimum atomic E-state index is -0.409. The summed E-state index contributed by atoms with van der Waals surface area (Å²) in [6, 6.07) is 10.4. The van der Waals surface area contributed by atoms with Gasteiger partial charge in [0.1, 0.15) is 23.8 Å². The highest BCUT2D eigenvalue weighted by Crippen LogP contribution is 2.34. The van der Waals surface area contributed by atoms with Gasteiger partial charge in [0.15, 0.2) is 5.65 Å². The van der Waals surface area contributed by atoms with E-state index < -0.39 is 5.82 Å². The Balaban J connectivity index is 1.89. The van der Waals surface area contributed by atoms with Crippen molar-refractivity contribution in [1.82, 2.24) is 14.5 Å². The minimum Gasteiger partial charge on any atom is -0.338 e. The number of aromatic nitrogens is 3. The fourth-order valence-electron chi connectivity index (χ4n) is 3.12. The lowest BCUT2D eigenvalue weighted by Crippen LogP contribution is -2.00. The van der Waals surface area contributed by atoms with Gasteiger partial charge >= 0.3 is 0 Å². The summed E-state index contributed by atoms with van der Waals surface area (Å²) in [5.41, 5.74) is 3.98. The lowest BCUT2D eigenvalue weighted by molar-refractivity contribution is 0.627. The molecule has 4 nitrogen and oxygen atoms in total. The van der Waals surface area contributed by atoms with Gasteiger partial charge in [-0.05, 0) is 61.9 Å². The quantitative estimate of drug-likeness (QED) is 0.491. The molecule has 0 saturated carbocycles. The maximum Gasteiger partial charge on any atom is 0.150 e. The number of rotatable bonds is 3. The van der Waals surface area contributed by atoms with Gasteiger partial charge in [-0.25, -0.2) is 18.7 Å². The Morgan fingerprint density at radius 2 is 1.67 bits per heavy atom. The molecule has 2 heterocycles. The summed E-state index contributed by atoms with van der Waals surface area (Å²) >= 11 is 6.13. The van der Waals surface area contributed by atoms with E-state index in [1.54, 1.807) is 18.2 Å². The molecule has 0 amide bonds. The Hall–Kier alpha value is -2.99. The standard InChI is InChI=1S/C20H15ClF2N4/c1-11-12(2)27(15-6-3-13(22)4-7-15)20-18(11)19(24-10-25-20)26-17-8-5-14(23)9-16(17)21/h3-10H,1-2H3,(H,24,25,26). The zero-order valence-corrected chi connectivity index (χ0v) is 15.4. The van der Waals surface area contributed by atoms with E-state index in [2.05, 4.69) is 15.3 Å². The first-order valence-electron chi connectivity index (χ1n) is 8.26. The molecule has 1 N–H and O–H groups in total. The number of benzene rings is 2. The summed E-state index contributed by atoms with van der Waals surface area (Å²) in [4.78, 5) is 8.77. The molecule has 0 unspecified atom stereocenters. The van der Waals surface area contributed by atoms with E-state index in [0.29, 0.717) is 17.2 Å². The highest BCUT2D eigenvalue weighted by Gasteiger charge is 2.18. The lowest BCUT2D eigenvalue weighted by Gasteiger charge is -2.10. The third-order valence-electron chi connectivity index (χ3n) is 4.56. The predicted molar refractivity (Wildman–Crippen MR) is 103 cm³/mol. The second-order valence-electron chi connectivity index (χ2n) is 6.19. The average Bonchev–Trinajstić information content (AvgIpc) is 2.90.